The molecule has 0 aliphatic carbocycles. The number of carbonyl (C=O) groups excluding carboxylic acids is 1. The smallest absolute Gasteiger partial charge is 0.278 e. The van der Waals surface area contributed by atoms with E-state index in [2.05, 4.69) is 15.6 Å². The first-order valence-corrected chi connectivity index (χ1v) is 8.22. The van der Waals surface area contributed by atoms with E-state index < -0.39 is 6.04 Å². The highest BCUT2D eigenvalue weighted by atomic mass is 16.7. The lowest BCUT2D eigenvalue weighted by Gasteiger charge is -2.16. The van der Waals surface area contributed by atoms with E-state index in [-0.39, 0.29) is 18.3 Å². The number of benzene rings is 2. The van der Waals surface area contributed by atoms with Gasteiger partial charge in [0, 0.05) is 11.8 Å². The zero-order valence-corrected chi connectivity index (χ0v) is 14.0. The second-order valence-electron chi connectivity index (χ2n) is 5.84. The van der Waals surface area contributed by atoms with Crippen molar-refractivity contribution in [1.29, 1.82) is 0 Å². The Kier molecular flexibility index (Phi) is 4.00. The Morgan fingerprint density at radius 2 is 2.04 bits per heavy atom. The molecule has 26 heavy (non-hydrogen) atoms. The fraction of sp³-hybridized carbons (Fsp3) is 0.222. The molecule has 1 aromatic heterocycles. The first-order valence-electron chi connectivity index (χ1n) is 8.22. The zero-order valence-electron chi connectivity index (χ0n) is 14.0. The van der Waals surface area contributed by atoms with Gasteiger partial charge in [-0.15, -0.1) is 5.10 Å². The summed E-state index contributed by atoms with van der Waals surface area (Å²) in [7, 11) is 0. The van der Waals surface area contributed by atoms with Gasteiger partial charge < -0.3 is 14.8 Å². The van der Waals surface area contributed by atoms with Crippen molar-refractivity contribution >= 4 is 22.5 Å². The van der Waals surface area contributed by atoms with Crippen molar-refractivity contribution in [3.63, 3.8) is 0 Å². The number of rotatable bonds is 4. The van der Waals surface area contributed by atoms with E-state index in [0.29, 0.717) is 34.5 Å². The van der Waals surface area contributed by atoms with Crippen LogP contribution in [0.3, 0.4) is 0 Å². The summed E-state index contributed by atoms with van der Waals surface area (Å²) in [6.45, 7) is 1.97. The van der Waals surface area contributed by atoms with Crippen LogP contribution in [0.4, 0.5) is 5.69 Å². The number of aromatic nitrogens is 3. The Balaban J connectivity index is 1.64. The molecule has 0 fully saturated rings. The van der Waals surface area contributed by atoms with Gasteiger partial charge >= 0.3 is 0 Å². The molecule has 8 nitrogen and oxygen atoms in total. The van der Waals surface area contributed by atoms with Crippen molar-refractivity contribution in [1.82, 2.24) is 15.0 Å². The first kappa shape index (κ1) is 16.1. The van der Waals surface area contributed by atoms with Crippen molar-refractivity contribution in [3.8, 4) is 11.5 Å². The topological polar surface area (TPSA) is 95.3 Å². The number of ether oxygens (including phenoxy) is 2. The van der Waals surface area contributed by atoms with Crippen LogP contribution in [0.1, 0.15) is 19.4 Å². The molecule has 1 amide bonds. The number of carbonyl (C=O) groups is 1. The van der Waals surface area contributed by atoms with E-state index in [1.165, 1.54) is 0 Å². The standard InChI is InChI=1S/C18H16N4O4/c1-2-14(22-18(24)12-5-3-4-6-13(12)20-21-22)17(23)19-11-7-8-15-16(9-11)26-10-25-15/h3-9,14H,2,10H2,1H3,(H,19,23). The lowest BCUT2D eigenvalue weighted by atomic mass is 10.2. The van der Waals surface area contributed by atoms with E-state index in [1.54, 1.807) is 42.5 Å². The van der Waals surface area contributed by atoms with Gasteiger partial charge in [0.25, 0.3) is 5.56 Å². The lowest BCUT2D eigenvalue weighted by molar-refractivity contribution is -0.119. The average Bonchev–Trinajstić information content (AvgIpc) is 3.12. The number of nitrogens with zero attached hydrogens (tertiary/aromatic N) is 3. The van der Waals surface area contributed by atoms with Gasteiger partial charge in [0.2, 0.25) is 12.7 Å². The van der Waals surface area contributed by atoms with Crippen molar-refractivity contribution in [2.45, 2.75) is 19.4 Å². The van der Waals surface area contributed by atoms with Crippen LogP contribution in [-0.4, -0.2) is 27.7 Å². The molecular formula is C18H16N4O4. The Morgan fingerprint density at radius 3 is 2.88 bits per heavy atom. The molecule has 1 aliphatic rings. The summed E-state index contributed by atoms with van der Waals surface area (Å²) < 4.78 is 11.7. The largest absolute Gasteiger partial charge is 0.454 e. The molecule has 1 atom stereocenters. The maximum Gasteiger partial charge on any atom is 0.278 e. The summed E-state index contributed by atoms with van der Waals surface area (Å²) in [5, 5.41) is 11.2. The predicted octanol–water partition coefficient (Wildman–Crippen LogP) is 2.11. The quantitative estimate of drug-likeness (QED) is 0.773. The maximum atomic E-state index is 12.7. The molecule has 132 valence electrons. The number of hydrogen-bond acceptors (Lipinski definition) is 6. The van der Waals surface area contributed by atoms with Crippen molar-refractivity contribution in [3.05, 3.63) is 52.8 Å². The van der Waals surface area contributed by atoms with E-state index in [9.17, 15) is 9.59 Å². The van der Waals surface area contributed by atoms with Gasteiger partial charge in [0.05, 0.1) is 5.39 Å². The van der Waals surface area contributed by atoms with Gasteiger partial charge in [-0.05, 0) is 30.7 Å². The van der Waals surface area contributed by atoms with Crippen LogP contribution in [-0.2, 0) is 4.79 Å². The van der Waals surface area contributed by atoms with Crippen LogP contribution < -0.4 is 20.3 Å². The molecule has 2 aromatic carbocycles. The Morgan fingerprint density at radius 1 is 1.23 bits per heavy atom. The number of hydrogen-bond donors (Lipinski definition) is 1. The minimum atomic E-state index is -0.773. The molecule has 2 heterocycles. The fourth-order valence-electron chi connectivity index (χ4n) is 2.88. The van der Waals surface area contributed by atoms with Gasteiger partial charge in [-0.2, -0.15) is 4.68 Å². The highest BCUT2D eigenvalue weighted by Crippen LogP contribution is 2.34. The van der Waals surface area contributed by atoms with Gasteiger partial charge in [0.15, 0.2) is 11.5 Å². The first-order chi connectivity index (χ1) is 12.7. The summed E-state index contributed by atoms with van der Waals surface area (Å²) in [6.07, 6.45) is 0.392. The summed E-state index contributed by atoms with van der Waals surface area (Å²) in [6, 6.07) is 11.3. The number of nitrogens with one attached hydrogen (secondary N) is 1. The molecule has 0 saturated carbocycles. The molecule has 4 rings (SSSR count). The predicted molar refractivity (Wildman–Crippen MR) is 94.3 cm³/mol. The monoisotopic (exact) mass is 352 g/mol. The van der Waals surface area contributed by atoms with E-state index in [1.807, 2.05) is 6.92 Å². The van der Waals surface area contributed by atoms with Crippen LogP contribution in [0.15, 0.2) is 47.3 Å². The summed E-state index contributed by atoms with van der Waals surface area (Å²) in [5.41, 5.74) is 0.711. The molecule has 0 radical (unpaired) electrons. The Labute approximate surface area is 148 Å². The minimum Gasteiger partial charge on any atom is -0.454 e. The minimum absolute atomic E-state index is 0.159. The maximum absolute atomic E-state index is 12.7. The molecule has 0 bridgehead atoms. The van der Waals surface area contributed by atoms with E-state index >= 15 is 0 Å². The van der Waals surface area contributed by atoms with Crippen molar-refractivity contribution < 1.29 is 14.3 Å². The highest BCUT2D eigenvalue weighted by Gasteiger charge is 2.23. The van der Waals surface area contributed by atoms with Gasteiger partial charge in [-0.3, -0.25) is 9.59 Å². The number of fused-ring (bicyclic) bond motifs is 2. The van der Waals surface area contributed by atoms with Crippen molar-refractivity contribution in [2.24, 2.45) is 0 Å². The number of amides is 1. The molecule has 0 spiro atoms. The van der Waals surface area contributed by atoms with E-state index in [4.69, 9.17) is 9.47 Å². The van der Waals surface area contributed by atoms with Crippen LogP contribution >= 0.6 is 0 Å². The summed E-state index contributed by atoms with van der Waals surface area (Å²) >= 11 is 0. The number of anilines is 1. The van der Waals surface area contributed by atoms with Gasteiger partial charge in [-0.25, -0.2) is 0 Å². The molecular weight excluding hydrogens is 336 g/mol. The van der Waals surface area contributed by atoms with Gasteiger partial charge in [-0.1, -0.05) is 24.3 Å². The average molecular weight is 352 g/mol. The van der Waals surface area contributed by atoms with Crippen LogP contribution in [0.2, 0.25) is 0 Å². The molecule has 0 saturated heterocycles. The normalized spacial score (nSPS) is 13.6. The second-order valence-corrected chi connectivity index (χ2v) is 5.84. The molecule has 1 aliphatic heterocycles. The third kappa shape index (κ3) is 2.75. The molecule has 8 heteroatoms. The Bertz CT molecular complexity index is 1050. The molecule has 1 unspecified atom stereocenters. The second kappa shape index (κ2) is 6.47. The van der Waals surface area contributed by atoms with Crippen LogP contribution in [0, 0.1) is 0 Å². The van der Waals surface area contributed by atoms with Crippen LogP contribution in [0.5, 0.6) is 11.5 Å². The van der Waals surface area contributed by atoms with Crippen molar-refractivity contribution in [2.75, 3.05) is 12.1 Å². The summed E-state index contributed by atoms with van der Waals surface area (Å²) in [4.78, 5) is 25.4. The SMILES string of the molecule is CCC(C(=O)Nc1ccc2c(c1)OCO2)n1nnc2ccccc2c1=O. The zero-order chi connectivity index (χ0) is 18.1. The van der Waals surface area contributed by atoms with Crippen LogP contribution in [0.25, 0.3) is 10.9 Å². The third-order valence-electron chi connectivity index (χ3n) is 4.22. The summed E-state index contributed by atoms with van der Waals surface area (Å²) in [5.74, 6) is 0.850. The highest BCUT2D eigenvalue weighted by molar-refractivity contribution is 5.94. The molecule has 1 N–H and O–H groups in total. The fourth-order valence-corrected chi connectivity index (χ4v) is 2.88. The Hall–Kier alpha value is -3.42. The molecule has 3 aromatic rings. The lowest BCUT2D eigenvalue weighted by Crippen LogP contribution is -2.35. The third-order valence-corrected chi connectivity index (χ3v) is 4.22. The van der Waals surface area contributed by atoms with Gasteiger partial charge in [0.1, 0.15) is 11.6 Å². The van der Waals surface area contributed by atoms with E-state index in [0.717, 1.165) is 4.68 Å².